The zero-order valence-corrected chi connectivity index (χ0v) is 21.8. The van der Waals surface area contributed by atoms with Crippen molar-refractivity contribution in [3.63, 3.8) is 0 Å². The normalized spacial score (nSPS) is 30.0. The highest BCUT2D eigenvalue weighted by Crippen LogP contribution is 2.74. The van der Waals surface area contributed by atoms with E-state index in [4.69, 9.17) is 17.7 Å². The Morgan fingerprint density at radius 1 is 0.275 bits per heavy atom. The van der Waals surface area contributed by atoms with E-state index in [9.17, 15) is 0 Å². The molecule has 9 rings (SSSR count). The van der Waals surface area contributed by atoms with E-state index in [1.807, 2.05) is 24.3 Å². The minimum Gasteiger partial charge on any atom is -0.469 e. The maximum absolute atomic E-state index is 6.13. The van der Waals surface area contributed by atoms with Crippen LogP contribution < -0.4 is 0 Å². The summed E-state index contributed by atoms with van der Waals surface area (Å²) in [6, 6.07) is 34.8. The third kappa shape index (κ3) is 2.96. The van der Waals surface area contributed by atoms with Crippen LogP contribution in [0.2, 0.25) is 0 Å². The van der Waals surface area contributed by atoms with Crippen LogP contribution in [0.15, 0.2) is 140 Å². The summed E-state index contributed by atoms with van der Waals surface area (Å²) in [6.07, 6.45) is 7.20. The highest BCUT2D eigenvalue weighted by atomic mass is 16.3. The minimum atomic E-state index is 0.180. The van der Waals surface area contributed by atoms with Crippen LogP contribution in [-0.2, 0) is 0 Å². The highest BCUT2D eigenvalue weighted by Gasteiger charge is 2.62. The first-order valence-electron chi connectivity index (χ1n) is 14.2. The van der Waals surface area contributed by atoms with Gasteiger partial charge in [-0.05, 0) is 70.8 Å². The van der Waals surface area contributed by atoms with Crippen molar-refractivity contribution >= 4 is 0 Å². The predicted octanol–water partition coefficient (Wildman–Crippen LogP) is 9.27. The average Bonchev–Trinajstić information content (AvgIpc) is 3.79. The van der Waals surface area contributed by atoms with Crippen molar-refractivity contribution in [2.75, 3.05) is 0 Å². The summed E-state index contributed by atoms with van der Waals surface area (Å²) in [5, 5.41) is 0. The Labute approximate surface area is 232 Å². The van der Waals surface area contributed by atoms with E-state index in [2.05, 4.69) is 72.8 Å². The van der Waals surface area contributed by atoms with Gasteiger partial charge in [0, 0.05) is 47.3 Å². The van der Waals surface area contributed by atoms with Gasteiger partial charge in [0.15, 0.2) is 0 Å². The second kappa shape index (κ2) is 8.53. The van der Waals surface area contributed by atoms with Gasteiger partial charge in [0.25, 0.3) is 0 Å². The molecule has 2 fully saturated rings. The molecule has 4 heteroatoms. The molecule has 0 saturated heterocycles. The standard InChI is InChI=1S/C36H28O4/c1-2-10-22-21(9-1)29-31(35(27-15-7-19-39-27)33(29)25-13-5-17-37-25)23-11-3-4-12-24(23)32-30(22)34(26-14-6-18-38-26)36(32)28-16-8-20-40-28/h1-20,29-36H/t29-,30+,31+,32-,33+,34-,35-,36+. The van der Waals surface area contributed by atoms with Gasteiger partial charge in [-0.15, -0.1) is 0 Å². The number of hydrogen-bond acceptors (Lipinski definition) is 4. The smallest absolute Gasteiger partial charge is 0.108 e. The largest absolute Gasteiger partial charge is 0.469 e. The van der Waals surface area contributed by atoms with E-state index in [0.29, 0.717) is 0 Å². The molecule has 40 heavy (non-hydrogen) atoms. The summed E-state index contributed by atoms with van der Waals surface area (Å²) in [5.41, 5.74) is 5.65. The molecule has 4 heterocycles. The molecule has 8 atom stereocenters. The van der Waals surface area contributed by atoms with Gasteiger partial charge in [-0.25, -0.2) is 0 Å². The van der Waals surface area contributed by atoms with Gasteiger partial charge in [-0.2, -0.15) is 0 Å². The maximum Gasteiger partial charge on any atom is 0.108 e. The van der Waals surface area contributed by atoms with E-state index in [-0.39, 0.29) is 47.3 Å². The minimum absolute atomic E-state index is 0.180. The molecule has 3 aliphatic carbocycles. The fourth-order valence-electron chi connectivity index (χ4n) is 8.62. The summed E-state index contributed by atoms with van der Waals surface area (Å²) in [5.74, 6) is 5.87. The average molecular weight is 525 g/mol. The number of fused-ring (bicyclic) bond motifs is 8. The van der Waals surface area contributed by atoms with Gasteiger partial charge >= 0.3 is 0 Å². The van der Waals surface area contributed by atoms with Gasteiger partial charge < -0.3 is 17.7 Å². The summed E-state index contributed by atoms with van der Waals surface area (Å²) >= 11 is 0. The second-order valence-corrected chi connectivity index (χ2v) is 11.5. The topological polar surface area (TPSA) is 52.6 Å². The SMILES string of the molecule is c1coc([C@@H]2[C@H](c3ccco3)[C@H]3c4ccccc4[C@H]4[C@H](c5ccco5)[C@H](c5ccco5)[C@H]4c4ccccc4[C@@H]23)c1. The summed E-state index contributed by atoms with van der Waals surface area (Å²) in [7, 11) is 0. The molecule has 6 aromatic rings. The number of rotatable bonds is 4. The fraction of sp³-hybridized carbons (Fsp3) is 0.222. The predicted molar refractivity (Wildman–Crippen MR) is 150 cm³/mol. The number of hydrogen-bond donors (Lipinski definition) is 0. The summed E-state index contributed by atoms with van der Waals surface area (Å²) in [4.78, 5) is 0. The van der Waals surface area contributed by atoms with Crippen molar-refractivity contribution in [2.24, 2.45) is 0 Å². The molecule has 4 aromatic heterocycles. The lowest BCUT2D eigenvalue weighted by molar-refractivity contribution is 0.145. The molecule has 0 N–H and O–H groups in total. The van der Waals surface area contributed by atoms with Crippen molar-refractivity contribution in [1.29, 1.82) is 0 Å². The second-order valence-electron chi connectivity index (χ2n) is 11.5. The molecule has 0 unspecified atom stereocenters. The summed E-state index contributed by atoms with van der Waals surface area (Å²) < 4.78 is 24.5. The Kier molecular flexibility index (Phi) is 4.77. The third-order valence-corrected chi connectivity index (χ3v) is 10.0. The molecule has 0 aliphatic heterocycles. The van der Waals surface area contributed by atoms with E-state index < -0.39 is 0 Å². The van der Waals surface area contributed by atoms with Gasteiger partial charge in [0.2, 0.25) is 0 Å². The van der Waals surface area contributed by atoms with Crippen molar-refractivity contribution < 1.29 is 17.7 Å². The molecule has 2 saturated carbocycles. The lowest BCUT2D eigenvalue weighted by atomic mass is 9.43. The maximum atomic E-state index is 6.13. The first-order chi connectivity index (χ1) is 19.9. The molecule has 0 amide bonds. The van der Waals surface area contributed by atoms with Crippen LogP contribution in [0, 0.1) is 0 Å². The van der Waals surface area contributed by atoms with Gasteiger partial charge in [0.1, 0.15) is 23.0 Å². The van der Waals surface area contributed by atoms with E-state index >= 15 is 0 Å². The molecule has 3 aliphatic rings. The van der Waals surface area contributed by atoms with E-state index in [0.717, 1.165) is 23.0 Å². The van der Waals surface area contributed by atoms with Crippen molar-refractivity contribution in [2.45, 2.75) is 47.3 Å². The number of benzene rings is 2. The molecule has 0 radical (unpaired) electrons. The van der Waals surface area contributed by atoms with Crippen molar-refractivity contribution in [1.82, 2.24) is 0 Å². The first-order valence-corrected chi connectivity index (χ1v) is 14.2. The monoisotopic (exact) mass is 524 g/mol. The molecule has 2 aromatic carbocycles. The van der Waals surface area contributed by atoms with Crippen LogP contribution in [0.1, 0.15) is 92.6 Å². The van der Waals surface area contributed by atoms with Crippen molar-refractivity contribution in [3.8, 4) is 0 Å². The lowest BCUT2D eigenvalue weighted by Gasteiger charge is -2.58. The van der Waals surface area contributed by atoms with Crippen LogP contribution in [-0.4, -0.2) is 0 Å². The quantitative estimate of drug-likeness (QED) is 0.231. The van der Waals surface area contributed by atoms with Crippen LogP contribution in [0.25, 0.3) is 0 Å². The van der Waals surface area contributed by atoms with Crippen LogP contribution in [0.5, 0.6) is 0 Å². The Bertz CT molecular complexity index is 1480. The summed E-state index contributed by atoms with van der Waals surface area (Å²) in [6.45, 7) is 0. The number of furan rings is 4. The lowest BCUT2D eigenvalue weighted by Crippen LogP contribution is -2.46. The zero-order chi connectivity index (χ0) is 26.2. The van der Waals surface area contributed by atoms with Crippen LogP contribution >= 0.6 is 0 Å². The van der Waals surface area contributed by atoms with E-state index in [1.54, 1.807) is 25.1 Å². The van der Waals surface area contributed by atoms with Gasteiger partial charge in [0.05, 0.1) is 25.1 Å². The van der Waals surface area contributed by atoms with Gasteiger partial charge in [-0.3, -0.25) is 0 Å². The first kappa shape index (κ1) is 22.4. The third-order valence-electron chi connectivity index (χ3n) is 10.0. The van der Waals surface area contributed by atoms with Crippen LogP contribution in [0.4, 0.5) is 0 Å². The van der Waals surface area contributed by atoms with Crippen molar-refractivity contribution in [3.05, 3.63) is 167 Å². The highest BCUT2D eigenvalue weighted by molar-refractivity contribution is 5.57. The zero-order valence-electron chi connectivity index (χ0n) is 21.8. The molecule has 4 nitrogen and oxygen atoms in total. The Balaban J connectivity index is 1.31. The van der Waals surface area contributed by atoms with Gasteiger partial charge in [-0.1, -0.05) is 48.5 Å². The fourth-order valence-corrected chi connectivity index (χ4v) is 8.62. The molecule has 196 valence electrons. The van der Waals surface area contributed by atoms with E-state index in [1.165, 1.54) is 22.3 Å². The Hall–Kier alpha value is -4.44. The molecular weight excluding hydrogens is 496 g/mol. The molecule has 0 spiro atoms. The molecular formula is C36H28O4. The molecule has 0 bridgehead atoms. The Morgan fingerprint density at radius 2 is 0.525 bits per heavy atom. The Morgan fingerprint density at radius 3 is 0.725 bits per heavy atom. The van der Waals surface area contributed by atoms with Crippen LogP contribution in [0.3, 0.4) is 0 Å².